The Balaban J connectivity index is -0.0000000860. The first kappa shape index (κ1) is 23.7. The Bertz CT molecular complexity index is 156. The highest BCUT2D eigenvalue weighted by molar-refractivity contribution is 5.15. The molecule has 0 aromatic rings. The maximum absolute atomic E-state index is 3.79. The number of azo groups is 1. The van der Waals surface area contributed by atoms with Gasteiger partial charge in [-0.2, -0.15) is 10.2 Å². The lowest BCUT2D eigenvalue weighted by Crippen LogP contribution is -1.68. The van der Waals surface area contributed by atoms with Gasteiger partial charge in [0.15, 0.2) is 0 Å². The van der Waals surface area contributed by atoms with Crippen LogP contribution in [0.5, 0.6) is 0 Å². The van der Waals surface area contributed by atoms with Crippen LogP contribution < -0.4 is 0 Å². The Hall–Kier alpha value is -0.920. The summed E-state index contributed by atoms with van der Waals surface area (Å²) in [4.78, 5) is 0. The van der Waals surface area contributed by atoms with Gasteiger partial charge in [0, 0.05) is 7.05 Å². The zero-order valence-electron chi connectivity index (χ0n) is 12.2. The van der Waals surface area contributed by atoms with E-state index in [-0.39, 0.29) is 0 Å². The smallest absolute Gasteiger partial charge is 0.0597 e. The van der Waals surface area contributed by atoms with Crippen LogP contribution in [0.4, 0.5) is 0 Å². The van der Waals surface area contributed by atoms with Crippen molar-refractivity contribution in [2.45, 2.75) is 55.4 Å². The summed E-state index contributed by atoms with van der Waals surface area (Å²) >= 11 is 0. The molecule has 0 aliphatic rings. The molecule has 2 nitrogen and oxygen atoms in total. The fraction of sp³-hybridized carbons (Fsp3) is 0.692. The highest BCUT2D eigenvalue weighted by Crippen LogP contribution is 1.99. The predicted molar refractivity (Wildman–Crippen MR) is 73.4 cm³/mol. The zero-order chi connectivity index (χ0) is 13.3. The van der Waals surface area contributed by atoms with Crippen LogP contribution in [0.3, 0.4) is 0 Å². The second kappa shape index (κ2) is 29.2. The van der Waals surface area contributed by atoms with Crippen LogP contribution in [0.15, 0.2) is 34.2 Å². The lowest BCUT2D eigenvalue weighted by molar-refractivity contribution is 1.08. The molecule has 0 aromatic heterocycles. The minimum absolute atomic E-state index is 0.894. The van der Waals surface area contributed by atoms with Gasteiger partial charge in [-0.15, -0.1) is 0 Å². The van der Waals surface area contributed by atoms with E-state index in [2.05, 4.69) is 16.8 Å². The highest BCUT2D eigenvalue weighted by Gasteiger charge is 1.80. The molecule has 92 valence electrons. The monoisotopic (exact) mass is 214 g/mol. The standard InChI is InChI=1S/C7H12N2.3C2H6/c1-6(2)5-7(3)9-8-4;3*1-2/h5H,1H2,2-4H3;3*1-2H3/b7-5-,9-8?;;;. The number of nitrogens with zero attached hydrogens (tertiary/aromatic N) is 2. The molecule has 0 radical (unpaired) electrons. The third kappa shape index (κ3) is 43.4. The molecule has 0 bridgehead atoms. The Morgan fingerprint density at radius 1 is 0.933 bits per heavy atom. The maximum Gasteiger partial charge on any atom is 0.0597 e. The van der Waals surface area contributed by atoms with Gasteiger partial charge in [-0.05, 0) is 19.9 Å². The van der Waals surface area contributed by atoms with E-state index in [1.54, 1.807) is 7.05 Å². The summed E-state index contributed by atoms with van der Waals surface area (Å²) in [5.74, 6) is 0. The first-order valence-corrected chi connectivity index (χ1v) is 5.80. The van der Waals surface area contributed by atoms with Crippen LogP contribution in [0.1, 0.15) is 55.4 Å². The van der Waals surface area contributed by atoms with Crippen molar-refractivity contribution in [1.29, 1.82) is 0 Å². The molecule has 15 heavy (non-hydrogen) atoms. The molecule has 0 saturated carbocycles. The molecule has 0 heterocycles. The Kier molecular flexibility index (Phi) is 46.2. The number of hydrogen-bond donors (Lipinski definition) is 0. The third-order valence-corrected chi connectivity index (χ3v) is 0.713. The largest absolute Gasteiger partial charge is 0.192 e. The van der Waals surface area contributed by atoms with E-state index in [0.717, 1.165) is 11.3 Å². The van der Waals surface area contributed by atoms with Gasteiger partial charge in [-0.1, -0.05) is 53.7 Å². The Labute approximate surface area is 97.2 Å². The fourth-order valence-corrected chi connectivity index (χ4v) is 0.543. The molecule has 0 fully saturated rings. The lowest BCUT2D eigenvalue weighted by atomic mass is 10.3. The lowest BCUT2D eigenvalue weighted by Gasteiger charge is -1.87. The van der Waals surface area contributed by atoms with E-state index in [1.807, 2.05) is 61.5 Å². The molecule has 0 amide bonds. The second-order valence-electron chi connectivity index (χ2n) is 1.93. The van der Waals surface area contributed by atoms with Crippen LogP contribution in [-0.2, 0) is 0 Å². The summed E-state index contributed by atoms with van der Waals surface area (Å²) in [6, 6.07) is 0. The van der Waals surface area contributed by atoms with Crippen molar-refractivity contribution in [3.8, 4) is 0 Å². The summed E-state index contributed by atoms with van der Waals surface area (Å²) < 4.78 is 0. The average Bonchev–Trinajstić information content (AvgIpc) is 2.26. The first-order chi connectivity index (χ1) is 7.16. The Morgan fingerprint density at radius 3 is 1.47 bits per heavy atom. The van der Waals surface area contributed by atoms with Gasteiger partial charge in [0.25, 0.3) is 0 Å². The molecule has 0 saturated heterocycles. The molecular weight excluding hydrogens is 184 g/mol. The summed E-state index contributed by atoms with van der Waals surface area (Å²) in [6.45, 7) is 19.5. The molecule has 0 rings (SSSR count). The molecule has 0 aromatic carbocycles. The fourth-order valence-electron chi connectivity index (χ4n) is 0.543. The Morgan fingerprint density at radius 2 is 1.27 bits per heavy atom. The van der Waals surface area contributed by atoms with Crippen LogP contribution in [0.25, 0.3) is 0 Å². The third-order valence-electron chi connectivity index (χ3n) is 0.713. The minimum atomic E-state index is 0.894. The summed E-state index contributed by atoms with van der Waals surface area (Å²) in [6.07, 6.45) is 1.88. The molecule has 0 aliphatic heterocycles. The van der Waals surface area contributed by atoms with Gasteiger partial charge in [-0.3, -0.25) is 0 Å². The van der Waals surface area contributed by atoms with E-state index >= 15 is 0 Å². The van der Waals surface area contributed by atoms with Gasteiger partial charge in [0.1, 0.15) is 0 Å². The van der Waals surface area contributed by atoms with Crippen molar-refractivity contribution in [3.63, 3.8) is 0 Å². The van der Waals surface area contributed by atoms with Gasteiger partial charge in [0.05, 0.1) is 5.70 Å². The van der Waals surface area contributed by atoms with Crippen molar-refractivity contribution in [2.24, 2.45) is 10.2 Å². The SMILES string of the molecule is C=C(C)/C=C(/C)N=NC.CC.CC.CC. The number of allylic oxidation sites excluding steroid dienone is 3. The van der Waals surface area contributed by atoms with Crippen LogP contribution in [0.2, 0.25) is 0 Å². The predicted octanol–water partition coefficient (Wildman–Crippen LogP) is 5.63. The van der Waals surface area contributed by atoms with E-state index in [9.17, 15) is 0 Å². The molecule has 0 unspecified atom stereocenters. The van der Waals surface area contributed by atoms with Crippen molar-refractivity contribution in [2.75, 3.05) is 7.05 Å². The summed E-state index contributed by atoms with van der Waals surface area (Å²) in [5.41, 5.74) is 1.89. The van der Waals surface area contributed by atoms with Gasteiger partial charge in [-0.25, -0.2) is 0 Å². The molecule has 0 N–H and O–H groups in total. The quantitative estimate of drug-likeness (QED) is 0.420. The number of hydrogen-bond acceptors (Lipinski definition) is 2. The summed E-state index contributed by atoms with van der Waals surface area (Å²) in [7, 11) is 1.65. The second-order valence-corrected chi connectivity index (χ2v) is 1.93. The van der Waals surface area contributed by atoms with E-state index in [0.29, 0.717) is 0 Å². The molecule has 2 heteroatoms. The normalized spacial score (nSPS) is 8.73. The van der Waals surface area contributed by atoms with E-state index < -0.39 is 0 Å². The maximum atomic E-state index is 3.79. The van der Waals surface area contributed by atoms with Crippen LogP contribution >= 0.6 is 0 Å². The molecule has 0 aliphatic carbocycles. The molecular formula is C13H30N2. The highest BCUT2D eigenvalue weighted by atomic mass is 15.1. The zero-order valence-corrected chi connectivity index (χ0v) is 12.2. The number of rotatable bonds is 2. The van der Waals surface area contributed by atoms with Gasteiger partial charge < -0.3 is 0 Å². The van der Waals surface area contributed by atoms with Crippen molar-refractivity contribution < 1.29 is 0 Å². The van der Waals surface area contributed by atoms with E-state index in [1.165, 1.54) is 0 Å². The molecule has 0 atom stereocenters. The molecule has 0 spiro atoms. The van der Waals surface area contributed by atoms with Crippen LogP contribution in [0, 0.1) is 0 Å². The summed E-state index contributed by atoms with van der Waals surface area (Å²) in [5, 5.41) is 7.39. The van der Waals surface area contributed by atoms with Crippen molar-refractivity contribution in [3.05, 3.63) is 23.9 Å². The van der Waals surface area contributed by atoms with Gasteiger partial charge >= 0.3 is 0 Å². The van der Waals surface area contributed by atoms with Crippen molar-refractivity contribution >= 4 is 0 Å². The van der Waals surface area contributed by atoms with Gasteiger partial charge in [0.2, 0.25) is 0 Å². The first-order valence-electron chi connectivity index (χ1n) is 5.80. The van der Waals surface area contributed by atoms with Crippen LogP contribution in [-0.4, -0.2) is 7.05 Å². The van der Waals surface area contributed by atoms with E-state index in [4.69, 9.17) is 0 Å². The minimum Gasteiger partial charge on any atom is -0.192 e. The van der Waals surface area contributed by atoms with Crippen molar-refractivity contribution in [1.82, 2.24) is 0 Å². The topological polar surface area (TPSA) is 24.7 Å². The average molecular weight is 214 g/mol.